The van der Waals surface area contributed by atoms with Crippen LogP contribution in [0.25, 0.3) is 24.3 Å². The molecular weight excluding hydrogens is 1290 g/mol. The monoisotopic (exact) mass is 1360 g/mol. The van der Waals surface area contributed by atoms with Gasteiger partial charge < -0.3 is 18.9 Å². The van der Waals surface area contributed by atoms with Crippen LogP contribution in [0, 0.1) is 0 Å². The van der Waals surface area contributed by atoms with Gasteiger partial charge in [-0.15, -0.1) is 69.7 Å². The Morgan fingerprint density at radius 3 is 0.737 bits per heavy atom. The summed E-state index contributed by atoms with van der Waals surface area (Å²) in [5.74, 6) is 8.08. The number of unbranched alkanes of at least 4 members (excludes halogenated alkanes) is 12. The molecule has 416 valence electrons. The molecule has 76 heavy (non-hydrogen) atoms. The molecule has 4 nitrogen and oxygen atoms in total. The van der Waals surface area contributed by atoms with E-state index in [0.29, 0.717) is 0 Å². The van der Waals surface area contributed by atoms with Crippen molar-refractivity contribution in [3.8, 4) is 23.0 Å². The zero-order valence-corrected chi connectivity index (χ0v) is 59.1. The van der Waals surface area contributed by atoms with Crippen molar-refractivity contribution in [2.24, 2.45) is 0 Å². The van der Waals surface area contributed by atoms with E-state index in [2.05, 4.69) is 99.0 Å². The third-order valence-electron chi connectivity index (χ3n) is 11.6. The lowest BCUT2D eigenvalue weighted by atomic mass is 10.2. The van der Waals surface area contributed by atoms with Crippen LogP contribution >= 0.6 is 211 Å². The smallest absolute Gasteiger partial charge is 0.179 e. The summed E-state index contributed by atoms with van der Waals surface area (Å²) < 4.78 is 43.8. The fourth-order valence-electron chi connectivity index (χ4n) is 7.76. The van der Waals surface area contributed by atoms with Gasteiger partial charge in [-0.2, -0.15) is 0 Å². The van der Waals surface area contributed by atoms with Gasteiger partial charge in [0.15, 0.2) is 23.0 Å². The van der Waals surface area contributed by atoms with Gasteiger partial charge >= 0.3 is 0 Å². The lowest BCUT2D eigenvalue weighted by molar-refractivity contribution is 0.357. The summed E-state index contributed by atoms with van der Waals surface area (Å²) >= 11 is 34.9. The molecule has 22 heteroatoms. The van der Waals surface area contributed by atoms with Crippen molar-refractivity contribution in [1.29, 1.82) is 0 Å². The molecule has 8 heterocycles. The van der Waals surface area contributed by atoms with Gasteiger partial charge in [-0.3, -0.25) is 0 Å². The third-order valence-corrected chi connectivity index (χ3v) is 36.3. The molecule has 0 amide bonds. The van der Waals surface area contributed by atoms with E-state index < -0.39 is 0 Å². The first-order valence-corrected chi connectivity index (χ1v) is 41.4. The molecule has 0 fully saturated rings. The largest absolute Gasteiger partial charge is 0.491 e. The molecule has 0 atom stereocenters. The van der Waals surface area contributed by atoms with Gasteiger partial charge in [0.25, 0.3) is 0 Å². The maximum absolute atomic E-state index is 6.07. The molecule has 6 aliphatic rings. The highest BCUT2D eigenvalue weighted by Crippen LogP contribution is 2.74. The van der Waals surface area contributed by atoms with Crippen LogP contribution in [0.3, 0.4) is 0 Å². The molecule has 2 aromatic rings. The maximum atomic E-state index is 6.07. The SMILES string of the molecule is CCCCCCSC1=C(SCCCCCC)SC(=Cc2sc(C=C3SC4=C(S3)SC(=C3SC5=C(SC(=Cc6sc(C=C7SC(SCCCCCC)=C(SCCCCCC)S7)c(OC)c6OC)S5)S3)S4)c(OC)c2OC)S1. The van der Waals surface area contributed by atoms with E-state index >= 15 is 0 Å². The van der Waals surface area contributed by atoms with Crippen molar-refractivity contribution >= 4 is 235 Å². The Morgan fingerprint density at radius 2 is 0.513 bits per heavy atom. The van der Waals surface area contributed by atoms with Crippen LogP contribution in [0.5, 0.6) is 23.0 Å². The molecule has 0 bridgehead atoms. The first-order valence-electron chi connectivity index (χ1n) is 26.0. The fourth-order valence-corrected chi connectivity index (χ4v) is 35.2. The quantitative estimate of drug-likeness (QED) is 0.0652. The molecule has 0 aromatic carbocycles. The van der Waals surface area contributed by atoms with Gasteiger partial charge in [0, 0.05) is 0 Å². The van der Waals surface area contributed by atoms with Crippen LogP contribution in [-0.2, 0) is 0 Å². The van der Waals surface area contributed by atoms with Crippen molar-refractivity contribution in [3.05, 3.63) is 78.8 Å². The summed E-state index contributed by atoms with van der Waals surface area (Å²) in [6.07, 6.45) is 30.2. The number of methoxy groups -OCH3 is 4. The summed E-state index contributed by atoms with van der Waals surface area (Å²) in [5.41, 5.74) is 0. The second-order valence-electron chi connectivity index (χ2n) is 17.4. The summed E-state index contributed by atoms with van der Waals surface area (Å²) in [7, 11) is 7.09. The van der Waals surface area contributed by atoms with E-state index in [-0.39, 0.29) is 0 Å². The fraction of sp³-hybridized carbons (Fsp3) is 0.519. The molecule has 0 aliphatic carbocycles. The lowest BCUT2D eigenvalue weighted by Crippen LogP contribution is -1.89. The van der Waals surface area contributed by atoms with Crippen molar-refractivity contribution in [1.82, 2.24) is 0 Å². The highest BCUT2D eigenvalue weighted by Gasteiger charge is 2.38. The van der Waals surface area contributed by atoms with Gasteiger partial charge in [-0.25, -0.2) is 0 Å². The molecule has 0 radical (unpaired) electrons. The van der Waals surface area contributed by atoms with Crippen LogP contribution in [-0.4, -0.2) is 51.5 Å². The molecule has 0 saturated heterocycles. The number of thiophene rings is 2. The molecule has 0 N–H and O–H groups in total. The Morgan fingerprint density at radius 1 is 0.289 bits per heavy atom. The lowest BCUT2D eigenvalue weighted by Gasteiger charge is -2.08. The molecule has 6 aliphatic heterocycles. The Hall–Kier alpha value is 1.86. The van der Waals surface area contributed by atoms with Crippen LogP contribution in [0.4, 0.5) is 0 Å². The first-order chi connectivity index (χ1) is 37.3. The van der Waals surface area contributed by atoms with Crippen LogP contribution in [0.15, 0.2) is 59.3 Å². The Bertz CT molecular complexity index is 2350. The second kappa shape index (κ2) is 34.1. The van der Waals surface area contributed by atoms with Crippen LogP contribution in [0.2, 0.25) is 0 Å². The predicted octanol–water partition coefficient (Wildman–Crippen LogP) is 25.5. The van der Waals surface area contributed by atoms with E-state index in [9.17, 15) is 0 Å². The molecule has 0 unspecified atom stereocenters. The maximum Gasteiger partial charge on any atom is 0.179 e. The number of ether oxygens (including phenoxy) is 4. The van der Waals surface area contributed by atoms with Gasteiger partial charge in [0.1, 0.15) is 0 Å². The van der Waals surface area contributed by atoms with Crippen molar-refractivity contribution < 1.29 is 18.9 Å². The van der Waals surface area contributed by atoms with Gasteiger partial charge in [0.2, 0.25) is 0 Å². The number of hydrogen-bond donors (Lipinski definition) is 0. The summed E-state index contributed by atoms with van der Waals surface area (Å²) in [6.45, 7) is 9.16. The standard InChI is InChI=1S/C54H68O4S18/c1-9-13-17-21-25-59-45-46(60-26-22-18-14-10-2)66-37(65-45)29-33-41(55-5)43(57-7)35(63-33)31-39-69-49-50(70-39)74-53(73-49)54-75-51-52(76-54)72-40(71-51)32-36-44(58-8)42(56-6)34(64-36)30-38-67-47(61-27-23-19-15-11-3)48(68-38)62-28-24-20-16-12-4/h29-32H,9-28H2,1-8H3. The minimum absolute atomic E-state index is 0.824. The van der Waals surface area contributed by atoms with E-state index in [0.717, 1.165) is 42.5 Å². The van der Waals surface area contributed by atoms with E-state index in [1.54, 1.807) is 51.1 Å². The molecule has 8 rings (SSSR count). The third kappa shape index (κ3) is 18.0. The predicted molar refractivity (Wildman–Crippen MR) is 379 cm³/mol. The average molecular weight is 1360 g/mol. The van der Waals surface area contributed by atoms with Crippen LogP contribution in [0.1, 0.15) is 150 Å². The van der Waals surface area contributed by atoms with E-state index in [1.165, 1.54) is 185 Å². The average Bonchev–Trinajstić information content (AvgIpc) is 4.33. The highest BCUT2D eigenvalue weighted by atomic mass is 32.3. The first kappa shape index (κ1) is 63.9. The summed E-state index contributed by atoms with van der Waals surface area (Å²) in [5, 5.41) is 0. The highest BCUT2D eigenvalue weighted by molar-refractivity contribution is 8.51. The molecular formula is C54H68O4S18. The van der Waals surface area contributed by atoms with Gasteiger partial charge in [-0.1, -0.05) is 246 Å². The molecule has 0 spiro atoms. The van der Waals surface area contributed by atoms with Gasteiger partial charge in [-0.05, 0) is 73.0 Å². The summed E-state index contributed by atoms with van der Waals surface area (Å²) in [4.78, 5) is 4.46. The van der Waals surface area contributed by atoms with Crippen molar-refractivity contribution in [3.63, 3.8) is 0 Å². The topological polar surface area (TPSA) is 36.9 Å². The van der Waals surface area contributed by atoms with Crippen molar-refractivity contribution in [2.75, 3.05) is 51.5 Å². The molecule has 2 aromatic heterocycles. The number of hydrogen-bond acceptors (Lipinski definition) is 22. The van der Waals surface area contributed by atoms with Crippen molar-refractivity contribution in [2.45, 2.75) is 130 Å². The van der Waals surface area contributed by atoms with Gasteiger partial charge in [0.05, 0.1) is 107 Å². The van der Waals surface area contributed by atoms with E-state index in [4.69, 9.17) is 18.9 Å². The van der Waals surface area contributed by atoms with E-state index in [1.807, 2.05) is 141 Å². The summed E-state index contributed by atoms with van der Waals surface area (Å²) in [6, 6.07) is 0. The Balaban J connectivity index is 0.871. The number of rotatable bonds is 32. The normalized spacial score (nSPS) is 17.5. The molecule has 0 saturated carbocycles. The zero-order chi connectivity index (χ0) is 53.2. The minimum Gasteiger partial charge on any atom is -0.491 e. The number of thioether (sulfide) groups is 16. The second-order valence-corrected chi connectivity index (χ2v) is 40.1. The Labute approximate surface area is 531 Å². The van der Waals surface area contributed by atoms with Crippen LogP contribution < -0.4 is 18.9 Å². The minimum atomic E-state index is 0.824. The zero-order valence-electron chi connectivity index (χ0n) is 44.4. The Kier molecular flexibility index (Phi) is 28.7.